The van der Waals surface area contributed by atoms with Crippen LogP contribution in [0.15, 0.2) is 12.7 Å². The van der Waals surface area contributed by atoms with E-state index in [1.54, 1.807) is 6.08 Å². The van der Waals surface area contributed by atoms with Crippen molar-refractivity contribution in [2.75, 3.05) is 6.54 Å². The van der Waals surface area contributed by atoms with Gasteiger partial charge in [0.1, 0.15) is 12.1 Å². The van der Waals surface area contributed by atoms with E-state index in [4.69, 9.17) is 5.73 Å². The van der Waals surface area contributed by atoms with E-state index in [0.717, 1.165) is 51.4 Å². The molecule has 41 heavy (non-hydrogen) atoms. The summed E-state index contributed by atoms with van der Waals surface area (Å²) in [6, 6.07) is -4.12. The summed E-state index contributed by atoms with van der Waals surface area (Å²) in [7, 11) is 0. The molecule has 228 valence electrons. The van der Waals surface area contributed by atoms with Crippen molar-refractivity contribution >= 4 is 35.3 Å². The maximum Gasteiger partial charge on any atom is 0.316 e. The summed E-state index contributed by atoms with van der Waals surface area (Å²) < 4.78 is 0. The first-order valence-corrected chi connectivity index (χ1v) is 15.2. The van der Waals surface area contributed by atoms with Crippen LogP contribution in [0.1, 0.15) is 90.9 Å². The Bertz CT molecular complexity index is 1010. The highest BCUT2D eigenvalue weighted by molar-refractivity contribution is 6.37. The SMILES string of the molecule is C=C[C@H]1CCN2C(=O)[C@@H](NC(=O)N[C@H](C(=O)C3CC3)C(C)C)CCCCCCCCC[C@@H](C(=O)C(N)=O)NC(=O)[C@H]12. The second kappa shape index (κ2) is 15.1. The highest BCUT2D eigenvalue weighted by Crippen LogP contribution is 2.32. The Labute approximate surface area is 242 Å². The van der Waals surface area contributed by atoms with Crippen LogP contribution in [0.4, 0.5) is 4.79 Å². The van der Waals surface area contributed by atoms with Crippen LogP contribution in [-0.4, -0.2) is 70.9 Å². The number of nitrogens with one attached hydrogen (secondary N) is 3. The predicted molar refractivity (Wildman–Crippen MR) is 153 cm³/mol. The monoisotopic (exact) mass is 573 g/mol. The van der Waals surface area contributed by atoms with Crippen LogP contribution in [0.3, 0.4) is 0 Å². The van der Waals surface area contributed by atoms with Crippen molar-refractivity contribution in [3.63, 3.8) is 0 Å². The fourth-order valence-electron chi connectivity index (χ4n) is 5.91. The summed E-state index contributed by atoms with van der Waals surface area (Å²) in [6.07, 6.45) is 10.4. The van der Waals surface area contributed by atoms with Gasteiger partial charge in [-0.1, -0.05) is 64.9 Å². The van der Waals surface area contributed by atoms with Gasteiger partial charge in [0.05, 0.1) is 12.1 Å². The molecule has 5 amide bonds. The zero-order valence-electron chi connectivity index (χ0n) is 24.5. The Morgan fingerprint density at radius 2 is 1.56 bits per heavy atom. The largest absolute Gasteiger partial charge is 0.363 e. The average molecular weight is 574 g/mol. The van der Waals surface area contributed by atoms with Crippen molar-refractivity contribution in [1.82, 2.24) is 20.9 Å². The summed E-state index contributed by atoms with van der Waals surface area (Å²) in [6.45, 7) is 7.86. The topological polar surface area (TPSA) is 168 Å². The number of urea groups is 1. The molecule has 0 aromatic rings. The third-order valence-electron chi connectivity index (χ3n) is 8.50. The number of ketones is 2. The Hall–Kier alpha value is -3.24. The second-order valence-electron chi connectivity index (χ2n) is 12.1. The minimum atomic E-state index is -1.11. The minimum absolute atomic E-state index is 0.0167. The predicted octanol–water partition coefficient (Wildman–Crippen LogP) is 2.12. The van der Waals surface area contributed by atoms with Crippen LogP contribution in [0.25, 0.3) is 0 Å². The number of carbonyl (C=O) groups is 6. The molecular formula is C30H47N5O6. The maximum absolute atomic E-state index is 13.9. The number of primary amides is 1. The first kappa shape index (κ1) is 32.3. The molecule has 11 heteroatoms. The van der Waals surface area contributed by atoms with Gasteiger partial charge in [-0.3, -0.25) is 24.0 Å². The molecule has 2 aliphatic heterocycles. The molecule has 3 rings (SSSR count). The van der Waals surface area contributed by atoms with Crippen molar-refractivity contribution in [1.29, 1.82) is 0 Å². The molecule has 5 atom stereocenters. The van der Waals surface area contributed by atoms with Gasteiger partial charge in [-0.25, -0.2) is 4.79 Å². The summed E-state index contributed by atoms with van der Waals surface area (Å²) >= 11 is 0. The smallest absolute Gasteiger partial charge is 0.316 e. The fourth-order valence-corrected chi connectivity index (χ4v) is 5.91. The standard InChI is InChI=1S/C30H47N5O6/c1-4-19-16-17-35-24(19)28(39)32-21(26(37)27(31)38)12-10-8-6-5-7-9-11-13-22(29(35)40)33-30(41)34-23(18(2)3)25(36)20-14-15-20/h4,18-24H,1,5-17H2,2-3H3,(H2,31,38)(H,32,39)(H2,33,34,41)/t19-,21-,22-,23-,24-/m0/s1. The molecule has 0 spiro atoms. The highest BCUT2D eigenvalue weighted by atomic mass is 16.2. The molecule has 5 N–H and O–H groups in total. The fraction of sp³-hybridized carbons (Fsp3) is 0.733. The molecule has 2 heterocycles. The molecule has 0 unspecified atom stereocenters. The first-order valence-electron chi connectivity index (χ1n) is 15.2. The first-order chi connectivity index (χ1) is 19.5. The molecule has 11 nitrogen and oxygen atoms in total. The number of rotatable bonds is 8. The van der Waals surface area contributed by atoms with E-state index >= 15 is 0 Å². The summed E-state index contributed by atoms with van der Waals surface area (Å²) in [4.78, 5) is 79.0. The van der Waals surface area contributed by atoms with E-state index in [2.05, 4.69) is 22.5 Å². The van der Waals surface area contributed by atoms with E-state index < -0.39 is 53.7 Å². The minimum Gasteiger partial charge on any atom is -0.363 e. The van der Waals surface area contributed by atoms with Gasteiger partial charge in [0.25, 0.3) is 5.91 Å². The Morgan fingerprint density at radius 3 is 2.12 bits per heavy atom. The van der Waals surface area contributed by atoms with Gasteiger partial charge >= 0.3 is 6.03 Å². The van der Waals surface area contributed by atoms with E-state index in [-0.39, 0.29) is 36.5 Å². The Balaban J connectivity index is 1.82. The number of hydrogen-bond donors (Lipinski definition) is 4. The van der Waals surface area contributed by atoms with E-state index in [1.807, 2.05) is 13.8 Å². The molecule has 2 saturated heterocycles. The molecule has 3 aliphatic rings. The Morgan fingerprint density at radius 1 is 0.951 bits per heavy atom. The van der Waals surface area contributed by atoms with Crippen molar-refractivity contribution < 1.29 is 28.8 Å². The van der Waals surface area contributed by atoms with Crippen molar-refractivity contribution in [2.24, 2.45) is 23.5 Å². The van der Waals surface area contributed by atoms with Gasteiger partial charge in [-0.15, -0.1) is 6.58 Å². The quantitative estimate of drug-likeness (QED) is 0.256. The normalized spacial score (nSPS) is 27.3. The van der Waals surface area contributed by atoms with Crippen LogP contribution in [0.2, 0.25) is 0 Å². The van der Waals surface area contributed by atoms with Gasteiger partial charge in [0.15, 0.2) is 5.78 Å². The lowest BCUT2D eigenvalue weighted by Gasteiger charge is -2.31. The molecule has 3 fully saturated rings. The van der Waals surface area contributed by atoms with Crippen LogP contribution in [-0.2, 0) is 24.0 Å². The van der Waals surface area contributed by atoms with Crippen LogP contribution >= 0.6 is 0 Å². The third kappa shape index (κ3) is 8.87. The van der Waals surface area contributed by atoms with E-state index in [0.29, 0.717) is 19.3 Å². The number of hydrogen-bond acceptors (Lipinski definition) is 6. The number of fused-ring (bicyclic) bond motifs is 1. The summed E-state index contributed by atoms with van der Waals surface area (Å²) in [5.74, 6) is -3.38. The molecule has 0 radical (unpaired) electrons. The summed E-state index contributed by atoms with van der Waals surface area (Å²) in [5, 5.41) is 8.29. The lowest BCUT2D eigenvalue weighted by atomic mass is 9.96. The number of carbonyl (C=O) groups excluding carboxylic acids is 6. The number of Topliss-reactive ketones (excluding diaryl/α,β-unsaturated/α-hetero) is 2. The van der Waals surface area contributed by atoms with Crippen molar-refractivity contribution in [3.8, 4) is 0 Å². The van der Waals surface area contributed by atoms with E-state index in [1.165, 1.54) is 4.90 Å². The number of nitrogens with two attached hydrogens (primary N) is 1. The molecule has 1 saturated carbocycles. The van der Waals surface area contributed by atoms with Gasteiger partial charge in [-0.2, -0.15) is 0 Å². The second-order valence-corrected chi connectivity index (χ2v) is 12.1. The zero-order chi connectivity index (χ0) is 30.1. The molecule has 0 aromatic heterocycles. The Kier molecular flexibility index (Phi) is 11.9. The average Bonchev–Trinajstić information content (AvgIpc) is 3.69. The molecule has 1 aliphatic carbocycles. The van der Waals surface area contributed by atoms with Crippen LogP contribution in [0.5, 0.6) is 0 Å². The highest BCUT2D eigenvalue weighted by Gasteiger charge is 2.44. The molecule has 0 bridgehead atoms. The number of nitrogens with zero attached hydrogens (tertiary/aromatic N) is 1. The van der Waals surface area contributed by atoms with E-state index in [9.17, 15) is 28.8 Å². The van der Waals surface area contributed by atoms with Crippen molar-refractivity contribution in [2.45, 2.75) is 115 Å². The van der Waals surface area contributed by atoms with Crippen molar-refractivity contribution in [3.05, 3.63) is 12.7 Å². The molecule has 0 aromatic carbocycles. The van der Waals surface area contributed by atoms with Crippen LogP contribution in [0, 0.1) is 17.8 Å². The zero-order valence-corrected chi connectivity index (χ0v) is 24.5. The third-order valence-corrected chi connectivity index (χ3v) is 8.50. The molecular weight excluding hydrogens is 526 g/mol. The van der Waals surface area contributed by atoms with Gasteiger partial charge in [-0.05, 0) is 38.0 Å². The summed E-state index contributed by atoms with van der Waals surface area (Å²) in [5.41, 5.74) is 5.26. The number of amides is 5. The van der Waals surface area contributed by atoms with Gasteiger partial charge < -0.3 is 26.6 Å². The lowest BCUT2D eigenvalue weighted by molar-refractivity contribution is -0.142. The van der Waals surface area contributed by atoms with Gasteiger partial charge in [0, 0.05) is 18.4 Å². The lowest BCUT2D eigenvalue weighted by Crippen LogP contribution is -2.59. The maximum atomic E-state index is 13.9. The van der Waals surface area contributed by atoms with Gasteiger partial charge in [0.2, 0.25) is 17.6 Å². The van der Waals surface area contributed by atoms with Crippen LogP contribution < -0.4 is 21.7 Å².